The van der Waals surface area contributed by atoms with Crippen molar-refractivity contribution in [1.82, 2.24) is 0 Å². The van der Waals surface area contributed by atoms with Gasteiger partial charge in [-0.25, -0.2) is 0 Å². The second-order valence-electron chi connectivity index (χ2n) is 5.57. The number of nitrogens with two attached hydrogens (primary N) is 1. The molecular weight excluding hydrogens is 260 g/mol. The maximum absolute atomic E-state index is 7.66. The predicted octanol–water partition coefficient (Wildman–Crippen LogP) is 3.81. The molecular formula is C18H22N2O. The Bertz CT molecular complexity index is 603. The molecule has 0 aliphatic rings. The standard InChI is InChI=1S/C18H22N2O/c1-13(2)11-21-12-14-7-9-15(10-8-14)16-5-3-4-6-17(16)18(19)20/h3-10,13H,11-12H2,1-2H3,(H3,19,20). The summed E-state index contributed by atoms with van der Waals surface area (Å²) in [6, 6.07) is 15.9. The van der Waals surface area contributed by atoms with E-state index in [0.717, 1.165) is 28.9 Å². The molecule has 0 aliphatic heterocycles. The van der Waals surface area contributed by atoms with Gasteiger partial charge in [0.05, 0.1) is 6.61 Å². The highest BCUT2D eigenvalue weighted by Gasteiger charge is 2.06. The monoisotopic (exact) mass is 282 g/mol. The number of ether oxygens (including phenoxy) is 1. The smallest absolute Gasteiger partial charge is 0.123 e. The number of benzene rings is 2. The van der Waals surface area contributed by atoms with Gasteiger partial charge in [0.15, 0.2) is 0 Å². The molecule has 0 unspecified atom stereocenters. The Morgan fingerprint density at radius 1 is 1.10 bits per heavy atom. The minimum absolute atomic E-state index is 0.0925. The molecule has 0 heterocycles. The molecule has 0 saturated heterocycles. The first kappa shape index (κ1) is 15.3. The highest BCUT2D eigenvalue weighted by Crippen LogP contribution is 2.24. The van der Waals surface area contributed by atoms with Gasteiger partial charge >= 0.3 is 0 Å². The summed E-state index contributed by atoms with van der Waals surface area (Å²) < 4.78 is 5.63. The topological polar surface area (TPSA) is 59.1 Å². The molecule has 3 N–H and O–H groups in total. The van der Waals surface area contributed by atoms with Gasteiger partial charge < -0.3 is 10.5 Å². The average Bonchev–Trinajstić information content (AvgIpc) is 2.47. The number of amidine groups is 1. The third-order valence-corrected chi connectivity index (χ3v) is 3.20. The van der Waals surface area contributed by atoms with Crippen molar-refractivity contribution in [3.8, 4) is 11.1 Å². The molecule has 0 atom stereocenters. The lowest BCUT2D eigenvalue weighted by Gasteiger charge is -2.10. The molecule has 0 fully saturated rings. The molecule has 2 aromatic carbocycles. The number of nitrogens with one attached hydrogen (secondary N) is 1. The maximum Gasteiger partial charge on any atom is 0.123 e. The molecule has 0 bridgehead atoms. The van der Waals surface area contributed by atoms with Crippen molar-refractivity contribution in [2.45, 2.75) is 20.5 Å². The predicted molar refractivity (Wildman–Crippen MR) is 87.4 cm³/mol. The molecule has 0 aromatic heterocycles. The maximum atomic E-state index is 7.66. The van der Waals surface area contributed by atoms with Crippen LogP contribution in [-0.4, -0.2) is 12.4 Å². The zero-order chi connectivity index (χ0) is 15.2. The second kappa shape index (κ2) is 7.04. The SMILES string of the molecule is CC(C)COCc1ccc(-c2ccccc2C(=N)N)cc1. The third-order valence-electron chi connectivity index (χ3n) is 3.20. The molecule has 0 amide bonds. The summed E-state index contributed by atoms with van der Waals surface area (Å²) in [6.45, 7) is 5.69. The molecule has 3 nitrogen and oxygen atoms in total. The Morgan fingerprint density at radius 2 is 1.76 bits per heavy atom. The van der Waals surface area contributed by atoms with Crippen molar-refractivity contribution in [2.24, 2.45) is 11.7 Å². The quantitative estimate of drug-likeness (QED) is 0.625. The van der Waals surface area contributed by atoms with Crippen LogP contribution in [0.15, 0.2) is 48.5 Å². The molecule has 2 aromatic rings. The highest BCUT2D eigenvalue weighted by molar-refractivity contribution is 6.01. The van der Waals surface area contributed by atoms with Crippen LogP contribution in [0.4, 0.5) is 0 Å². The number of nitrogen functional groups attached to an aromatic ring is 1. The van der Waals surface area contributed by atoms with Crippen LogP contribution >= 0.6 is 0 Å². The number of hydrogen-bond donors (Lipinski definition) is 2. The van der Waals surface area contributed by atoms with E-state index in [4.69, 9.17) is 15.9 Å². The first-order valence-electron chi connectivity index (χ1n) is 7.18. The molecule has 2 rings (SSSR count). The Morgan fingerprint density at radius 3 is 2.38 bits per heavy atom. The summed E-state index contributed by atoms with van der Waals surface area (Å²) in [7, 11) is 0. The molecule has 110 valence electrons. The Balaban J connectivity index is 2.14. The van der Waals surface area contributed by atoms with Crippen molar-refractivity contribution < 1.29 is 4.74 Å². The normalized spacial score (nSPS) is 10.8. The van der Waals surface area contributed by atoms with Crippen LogP contribution < -0.4 is 5.73 Å². The fourth-order valence-corrected chi connectivity index (χ4v) is 2.16. The van der Waals surface area contributed by atoms with Gasteiger partial charge in [-0.3, -0.25) is 5.41 Å². The summed E-state index contributed by atoms with van der Waals surface area (Å²) in [5.41, 5.74) is 9.61. The van der Waals surface area contributed by atoms with Gasteiger partial charge in [0.2, 0.25) is 0 Å². The van der Waals surface area contributed by atoms with E-state index < -0.39 is 0 Å². The molecule has 0 spiro atoms. The lowest BCUT2D eigenvalue weighted by Crippen LogP contribution is -2.12. The first-order chi connectivity index (χ1) is 10.1. The van der Waals surface area contributed by atoms with Crippen molar-refractivity contribution in [2.75, 3.05) is 6.61 Å². The van der Waals surface area contributed by atoms with E-state index in [0.29, 0.717) is 12.5 Å². The fraction of sp³-hybridized carbons (Fsp3) is 0.278. The van der Waals surface area contributed by atoms with Gasteiger partial charge in [-0.1, -0.05) is 62.4 Å². The molecule has 3 heteroatoms. The van der Waals surface area contributed by atoms with E-state index >= 15 is 0 Å². The van der Waals surface area contributed by atoms with Gasteiger partial charge in [0, 0.05) is 12.2 Å². The summed E-state index contributed by atoms with van der Waals surface area (Å²) >= 11 is 0. The van der Waals surface area contributed by atoms with Crippen LogP contribution in [0.5, 0.6) is 0 Å². The Kier molecular flexibility index (Phi) is 5.12. The molecule has 0 radical (unpaired) electrons. The summed E-state index contributed by atoms with van der Waals surface area (Å²) in [5, 5.41) is 7.66. The van der Waals surface area contributed by atoms with Gasteiger partial charge in [-0.2, -0.15) is 0 Å². The largest absolute Gasteiger partial charge is 0.384 e. The molecule has 0 aliphatic carbocycles. The first-order valence-corrected chi connectivity index (χ1v) is 7.18. The minimum atomic E-state index is 0.0925. The summed E-state index contributed by atoms with van der Waals surface area (Å²) in [5.74, 6) is 0.640. The Hall–Kier alpha value is -2.13. The van der Waals surface area contributed by atoms with Crippen LogP contribution in [0.3, 0.4) is 0 Å². The fourth-order valence-electron chi connectivity index (χ4n) is 2.16. The van der Waals surface area contributed by atoms with Crippen molar-refractivity contribution >= 4 is 5.84 Å². The van der Waals surface area contributed by atoms with Crippen LogP contribution in [0.1, 0.15) is 25.0 Å². The number of rotatable bonds is 6. The lowest BCUT2D eigenvalue weighted by molar-refractivity contribution is 0.0971. The van der Waals surface area contributed by atoms with Crippen LogP contribution in [0.25, 0.3) is 11.1 Å². The molecule has 0 saturated carbocycles. The van der Waals surface area contributed by atoms with Crippen molar-refractivity contribution in [3.63, 3.8) is 0 Å². The van der Waals surface area contributed by atoms with Crippen molar-refractivity contribution in [1.29, 1.82) is 5.41 Å². The van der Waals surface area contributed by atoms with Gasteiger partial charge in [0.25, 0.3) is 0 Å². The van der Waals surface area contributed by atoms with Gasteiger partial charge in [0.1, 0.15) is 5.84 Å². The third kappa shape index (κ3) is 4.17. The van der Waals surface area contributed by atoms with E-state index in [9.17, 15) is 0 Å². The average molecular weight is 282 g/mol. The summed E-state index contributed by atoms with van der Waals surface area (Å²) in [6.07, 6.45) is 0. The highest BCUT2D eigenvalue weighted by atomic mass is 16.5. The Labute approximate surface area is 126 Å². The zero-order valence-corrected chi connectivity index (χ0v) is 12.6. The summed E-state index contributed by atoms with van der Waals surface area (Å²) in [4.78, 5) is 0. The van der Waals surface area contributed by atoms with E-state index in [1.165, 1.54) is 0 Å². The van der Waals surface area contributed by atoms with E-state index in [1.807, 2.05) is 24.3 Å². The van der Waals surface area contributed by atoms with Crippen molar-refractivity contribution in [3.05, 3.63) is 59.7 Å². The second-order valence-corrected chi connectivity index (χ2v) is 5.57. The van der Waals surface area contributed by atoms with E-state index in [-0.39, 0.29) is 5.84 Å². The lowest BCUT2D eigenvalue weighted by atomic mass is 9.98. The van der Waals surface area contributed by atoms with Crippen LogP contribution in [0, 0.1) is 11.3 Å². The number of hydrogen-bond acceptors (Lipinski definition) is 2. The van der Waals surface area contributed by atoms with E-state index in [2.05, 4.69) is 38.1 Å². The van der Waals surface area contributed by atoms with Gasteiger partial charge in [-0.15, -0.1) is 0 Å². The van der Waals surface area contributed by atoms with E-state index in [1.54, 1.807) is 0 Å². The minimum Gasteiger partial charge on any atom is -0.384 e. The molecule has 21 heavy (non-hydrogen) atoms. The zero-order valence-electron chi connectivity index (χ0n) is 12.6. The van der Waals surface area contributed by atoms with Crippen LogP contribution in [-0.2, 0) is 11.3 Å². The van der Waals surface area contributed by atoms with Crippen LogP contribution in [0.2, 0.25) is 0 Å². The van der Waals surface area contributed by atoms with Gasteiger partial charge in [-0.05, 0) is 22.6 Å².